The summed E-state index contributed by atoms with van der Waals surface area (Å²) in [6.07, 6.45) is 1.19. The van der Waals surface area contributed by atoms with Crippen LogP contribution >= 0.6 is 0 Å². The van der Waals surface area contributed by atoms with E-state index >= 15 is 0 Å². The van der Waals surface area contributed by atoms with Gasteiger partial charge in [0.1, 0.15) is 5.69 Å². The molecule has 1 aromatic rings. The Morgan fingerprint density at radius 3 is 2.59 bits per heavy atom. The van der Waals surface area contributed by atoms with Gasteiger partial charge in [0.25, 0.3) is 5.56 Å². The molecule has 0 atom stereocenters. The third-order valence-corrected chi connectivity index (χ3v) is 1.67. The quantitative estimate of drug-likeness (QED) is 0.304. The second-order valence-electron chi connectivity index (χ2n) is 3.13. The Hall–Kier alpha value is -2.49. The molecule has 0 bridgehead atoms. The van der Waals surface area contributed by atoms with Gasteiger partial charge in [-0.25, -0.2) is 21.2 Å². The fourth-order valence-electron chi connectivity index (χ4n) is 0.850. The van der Waals surface area contributed by atoms with Crippen molar-refractivity contribution in [3.8, 4) is 0 Å². The number of anilines is 1. The van der Waals surface area contributed by atoms with Crippen molar-refractivity contribution >= 4 is 17.4 Å². The maximum Gasteiger partial charge on any atom is 0.352 e. The number of carbonyl (C=O) groups is 1. The van der Waals surface area contributed by atoms with Gasteiger partial charge in [0.15, 0.2) is 0 Å². The van der Waals surface area contributed by atoms with Crippen molar-refractivity contribution in [3.63, 3.8) is 0 Å². The first-order valence-corrected chi connectivity index (χ1v) is 4.52. The number of aromatic amines is 1. The van der Waals surface area contributed by atoms with E-state index in [1.165, 1.54) is 6.20 Å². The van der Waals surface area contributed by atoms with E-state index in [0.717, 1.165) is 10.7 Å². The lowest BCUT2D eigenvalue weighted by molar-refractivity contribution is 0.203. The van der Waals surface area contributed by atoms with Crippen molar-refractivity contribution in [2.75, 3.05) is 12.3 Å². The van der Waals surface area contributed by atoms with Crippen LogP contribution in [0.25, 0.3) is 0 Å². The number of nitrogens with one attached hydrogen (secondary N) is 2. The van der Waals surface area contributed by atoms with Gasteiger partial charge in [0, 0.05) is 0 Å². The molecular formula is C7H12N8O2. The molecule has 0 spiro atoms. The Morgan fingerprint density at radius 2 is 2.18 bits per heavy atom. The molecule has 17 heavy (non-hydrogen) atoms. The zero-order valence-corrected chi connectivity index (χ0v) is 9.04. The van der Waals surface area contributed by atoms with Gasteiger partial charge in [0.2, 0.25) is 0 Å². The summed E-state index contributed by atoms with van der Waals surface area (Å²) in [6.45, 7) is 2.20. The maximum absolute atomic E-state index is 10.5. The van der Waals surface area contributed by atoms with E-state index in [1.54, 1.807) is 6.92 Å². The van der Waals surface area contributed by atoms with Crippen LogP contribution in [0.4, 0.5) is 10.5 Å². The highest BCUT2D eigenvalue weighted by Gasteiger charge is 2.13. The number of rotatable bonds is 0. The molecule has 0 unspecified atom stereocenters. The zero-order chi connectivity index (χ0) is 12.8. The molecule has 2 heterocycles. The summed E-state index contributed by atoms with van der Waals surface area (Å²) in [5, 5.41) is 13.3. The minimum atomic E-state index is -0.403. The fourth-order valence-corrected chi connectivity index (χ4v) is 0.850. The predicted octanol–water partition coefficient (Wildman–Crippen LogP) is -1.99. The first-order valence-electron chi connectivity index (χ1n) is 4.52. The van der Waals surface area contributed by atoms with Crippen LogP contribution in [-0.4, -0.2) is 38.7 Å². The molecule has 0 saturated heterocycles. The van der Waals surface area contributed by atoms with Gasteiger partial charge in [-0.1, -0.05) is 5.21 Å². The molecule has 0 aromatic carbocycles. The molecule has 10 heteroatoms. The summed E-state index contributed by atoms with van der Waals surface area (Å²) < 4.78 is 0. The van der Waals surface area contributed by atoms with E-state index in [-0.39, 0.29) is 11.7 Å². The fraction of sp³-hybridized carbons (Fsp3) is 0.286. The Morgan fingerprint density at radius 1 is 1.47 bits per heavy atom. The van der Waals surface area contributed by atoms with Gasteiger partial charge < -0.3 is 5.73 Å². The van der Waals surface area contributed by atoms with E-state index < -0.39 is 5.56 Å². The number of hydrazone groups is 1. The number of carbonyl (C=O) groups excluding carboxylic acids is 1. The summed E-state index contributed by atoms with van der Waals surface area (Å²) in [4.78, 5) is 20.9. The first-order chi connectivity index (χ1) is 8.00. The molecule has 0 radical (unpaired) electrons. The number of hydrogen-bond donors (Lipinski definition) is 4. The largest absolute Gasteiger partial charge is 0.393 e. The van der Waals surface area contributed by atoms with Gasteiger partial charge in [0.05, 0.1) is 18.5 Å². The maximum atomic E-state index is 10.5. The van der Waals surface area contributed by atoms with Crippen molar-refractivity contribution in [2.24, 2.45) is 10.9 Å². The average molecular weight is 240 g/mol. The molecule has 0 saturated carbocycles. The van der Waals surface area contributed by atoms with Gasteiger partial charge in [-0.3, -0.25) is 9.80 Å². The number of urea groups is 1. The molecule has 10 nitrogen and oxygen atoms in total. The number of nitrogen functional groups attached to an aromatic ring is 1. The summed E-state index contributed by atoms with van der Waals surface area (Å²) in [5.74, 6) is 5.21. The lowest BCUT2D eigenvalue weighted by Gasteiger charge is -2.19. The number of H-pyrrole nitrogens is 1. The van der Waals surface area contributed by atoms with E-state index in [9.17, 15) is 9.59 Å². The number of nitrogens with zero attached hydrogens (tertiary/aromatic N) is 4. The van der Waals surface area contributed by atoms with Crippen LogP contribution < -0.4 is 22.6 Å². The molecule has 0 aliphatic carbocycles. The molecule has 1 aromatic heterocycles. The third-order valence-electron chi connectivity index (χ3n) is 1.67. The van der Waals surface area contributed by atoms with Crippen molar-refractivity contribution in [3.05, 3.63) is 16.6 Å². The minimum Gasteiger partial charge on any atom is -0.393 e. The second kappa shape index (κ2) is 5.55. The predicted molar refractivity (Wildman–Crippen MR) is 59.6 cm³/mol. The smallest absolute Gasteiger partial charge is 0.352 e. The van der Waals surface area contributed by atoms with Crippen LogP contribution in [0.2, 0.25) is 0 Å². The molecule has 1 aliphatic heterocycles. The molecule has 6 N–H and O–H groups in total. The highest BCUT2D eigenvalue weighted by atomic mass is 16.2. The lowest BCUT2D eigenvalue weighted by Crippen LogP contribution is -2.49. The summed E-state index contributed by atoms with van der Waals surface area (Å²) in [5.41, 5.74) is 7.79. The number of nitrogens with two attached hydrogens (primary N) is 2. The van der Waals surface area contributed by atoms with Gasteiger partial charge >= 0.3 is 6.03 Å². The number of hydrazine groups is 1. The normalized spacial score (nSPS) is 14.4. The van der Waals surface area contributed by atoms with E-state index in [0.29, 0.717) is 6.54 Å². The van der Waals surface area contributed by atoms with E-state index in [1.807, 2.05) is 0 Å². The molecule has 1 aliphatic rings. The van der Waals surface area contributed by atoms with Crippen LogP contribution in [0.5, 0.6) is 0 Å². The van der Waals surface area contributed by atoms with Crippen molar-refractivity contribution in [1.82, 2.24) is 25.8 Å². The SMILES string of the molecule is CC1=NNC(=O)N(N)C1.Nc1cnn[nH]c1=O. The average Bonchev–Trinajstić information content (AvgIpc) is 2.29. The van der Waals surface area contributed by atoms with E-state index in [2.05, 4.69) is 25.9 Å². The Labute approximate surface area is 95.6 Å². The lowest BCUT2D eigenvalue weighted by atomic mass is 10.4. The van der Waals surface area contributed by atoms with Crippen LogP contribution in [0.3, 0.4) is 0 Å². The molecule has 92 valence electrons. The first kappa shape index (κ1) is 12.6. The van der Waals surface area contributed by atoms with Gasteiger partial charge in [-0.05, 0) is 6.92 Å². The Balaban J connectivity index is 0.000000171. The van der Waals surface area contributed by atoms with Crippen molar-refractivity contribution in [1.29, 1.82) is 0 Å². The van der Waals surface area contributed by atoms with Crippen LogP contribution in [0.1, 0.15) is 6.92 Å². The Bertz CT molecular complexity index is 481. The summed E-state index contributed by atoms with van der Waals surface area (Å²) in [7, 11) is 0. The monoisotopic (exact) mass is 240 g/mol. The highest BCUT2D eigenvalue weighted by Crippen LogP contribution is 1.88. The van der Waals surface area contributed by atoms with E-state index in [4.69, 9.17) is 11.6 Å². The Kier molecular flexibility index (Phi) is 4.11. The topological polar surface area (TPSA) is 155 Å². The van der Waals surface area contributed by atoms with Crippen LogP contribution in [0.15, 0.2) is 16.1 Å². The summed E-state index contributed by atoms with van der Waals surface area (Å²) in [6, 6.07) is -0.361. The highest BCUT2D eigenvalue weighted by molar-refractivity contribution is 5.91. The number of amides is 2. The summed E-state index contributed by atoms with van der Waals surface area (Å²) >= 11 is 0. The van der Waals surface area contributed by atoms with Crippen molar-refractivity contribution < 1.29 is 4.79 Å². The molecule has 2 amide bonds. The zero-order valence-electron chi connectivity index (χ0n) is 9.04. The number of hydrogen-bond acceptors (Lipinski definition) is 7. The van der Waals surface area contributed by atoms with Gasteiger partial charge in [-0.15, -0.1) is 5.10 Å². The number of aromatic nitrogens is 3. The molecule has 0 fully saturated rings. The van der Waals surface area contributed by atoms with Crippen LogP contribution in [-0.2, 0) is 0 Å². The standard InChI is InChI=1S/C4H8N4O.C3H4N4O/c1-3-2-8(5)4(9)7-6-3;4-2-1-5-7-6-3(2)8/h2,5H2,1H3,(H,7,9);1H,(H2,4,7)(H,5,6,8). The van der Waals surface area contributed by atoms with Gasteiger partial charge in [-0.2, -0.15) is 5.10 Å². The third kappa shape index (κ3) is 3.87. The molecule has 2 rings (SSSR count). The minimum absolute atomic E-state index is 0.0833. The van der Waals surface area contributed by atoms with Crippen LogP contribution in [0, 0.1) is 0 Å². The second-order valence-corrected chi connectivity index (χ2v) is 3.13. The van der Waals surface area contributed by atoms with Crippen molar-refractivity contribution in [2.45, 2.75) is 6.92 Å². The molecular weight excluding hydrogens is 228 g/mol.